The van der Waals surface area contributed by atoms with Crippen molar-refractivity contribution in [1.29, 1.82) is 0 Å². The van der Waals surface area contributed by atoms with E-state index in [9.17, 15) is 4.79 Å². The minimum Gasteiger partial charge on any atom is -0.350 e. The fraction of sp³-hybridized carbons (Fsp3) is 0.467. The third kappa shape index (κ3) is 3.48. The second kappa shape index (κ2) is 6.70. The smallest absolute Gasteiger partial charge is 0.269 e. The molecule has 1 amide bonds. The first-order chi connectivity index (χ1) is 9.61. The summed E-state index contributed by atoms with van der Waals surface area (Å²) in [7, 11) is 0. The van der Waals surface area contributed by atoms with E-state index in [4.69, 9.17) is 0 Å². The van der Waals surface area contributed by atoms with Gasteiger partial charge in [-0.2, -0.15) is 5.10 Å². The van der Waals surface area contributed by atoms with Crippen molar-refractivity contribution >= 4 is 17.2 Å². The van der Waals surface area contributed by atoms with Gasteiger partial charge in [-0.25, -0.2) is 0 Å². The quantitative estimate of drug-likeness (QED) is 0.889. The number of thiophene rings is 1. The summed E-state index contributed by atoms with van der Waals surface area (Å²) in [5.41, 5.74) is 1.62. The van der Waals surface area contributed by atoms with Crippen LogP contribution in [0.5, 0.6) is 0 Å². The summed E-state index contributed by atoms with van der Waals surface area (Å²) < 4.78 is 1.77. The Labute approximate surface area is 123 Å². The number of hydrogen-bond donors (Lipinski definition) is 1. The summed E-state index contributed by atoms with van der Waals surface area (Å²) in [4.78, 5) is 13.5. The number of nitrogens with zero attached hydrogens (tertiary/aromatic N) is 2. The number of aromatic nitrogens is 2. The zero-order valence-corrected chi connectivity index (χ0v) is 13.0. The molecule has 1 N–H and O–H groups in total. The third-order valence-corrected chi connectivity index (χ3v) is 4.10. The maximum atomic E-state index is 12.2. The lowest BCUT2D eigenvalue weighted by Gasteiger charge is -2.05. The highest BCUT2D eigenvalue weighted by Gasteiger charge is 2.15. The van der Waals surface area contributed by atoms with E-state index < -0.39 is 0 Å². The van der Waals surface area contributed by atoms with Crippen LogP contribution in [0.2, 0.25) is 0 Å². The fourth-order valence-electron chi connectivity index (χ4n) is 1.99. The Balaban J connectivity index is 1.97. The van der Waals surface area contributed by atoms with Gasteiger partial charge < -0.3 is 5.32 Å². The highest BCUT2D eigenvalue weighted by Crippen LogP contribution is 2.14. The van der Waals surface area contributed by atoms with Crippen LogP contribution in [0.15, 0.2) is 23.6 Å². The molecule has 2 aromatic rings. The Hall–Kier alpha value is -1.62. The number of rotatable bonds is 6. The summed E-state index contributed by atoms with van der Waals surface area (Å²) in [6.45, 7) is 7.53. The lowest BCUT2D eigenvalue weighted by molar-refractivity contribution is 0.0943. The normalized spacial score (nSPS) is 11.0. The number of amides is 1. The van der Waals surface area contributed by atoms with Crippen LogP contribution in [0.25, 0.3) is 0 Å². The zero-order chi connectivity index (χ0) is 14.5. The van der Waals surface area contributed by atoms with Crippen LogP contribution >= 0.6 is 11.3 Å². The molecular weight excluding hydrogens is 270 g/mol. The molecule has 0 fully saturated rings. The van der Waals surface area contributed by atoms with E-state index in [0.29, 0.717) is 24.7 Å². The van der Waals surface area contributed by atoms with Crippen molar-refractivity contribution in [3.8, 4) is 0 Å². The molecule has 108 valence electrons. The molecule has 0 unspecified atom stereocenters. The first kappa shape index (κ1) is 14.8. The van der Waals surface area contributed by atoms with Crippen LogP contribution in [0, 0.1) is 0 Å². The summed E-state index contributed by atoms with van der Waals surface area (Å²) in [6, 6.07) is 6.02. The molecule has 5 heteroatoms. The van der Waals surface area contributed by atoms with Gasteiger partial charge in [-0.3, -0.25) is 9.48 Å². The van der Waals surface area contributed by atoms with Gasteiger partial charge >= 0.3 is 0 Å². The standard InChI is InChI=1S/C15H21N3OS/c1-4-18-14(10-13(17-18)11(2)3)15(19)16-8-7-12-6-5-9-20-12/h5-6,9-11H,4,7-8H2,1-3H3,(H,16,19). The van der Waals surface area contributed by atoms with Gasteiger partial charge in [-0.15, -0.1) is 11.3 Å². The Morgan fingerprint density at radius 2 is 2.30 bits per heavy atom. The molecule has 0 aliphatic heterocycles. The van der Waals surface area contributed by atoms with E-state index in [1.54, 1.807) is 16.0 Å². The number of carbonyl (C=O) groups excluding carboxylic acids is 1. The summed E-state index contributed by atoms with van der Waals surface area (Å²) in [5, 5.41) is 9.49. The molecule has 4 nitrogen and oxygen atoms in total. The topological polar surface area (TPSA) is 46.9 Å². The van der Waals surface area contributed by atoms with Gasteiger partial charge in [0, 0.05) is 18.0 Å². The van der Waals surface area contributed by atoms with E-state index in [1.807, 2.05) is 19.1 Å². The average Bonchev–Trinajstić information content (AvgIpc) is 3.07. The van der Waals surface area contributed by atoms with Crippen LogP contribution in [-0.4, -0.2) is 22.2 Å². The first-order valence-corrected chi connectivity index (χ1v) is 7.88. The summed E-state index contributed by atoms with van der Waals surface area (Å²) in [5.74, 6) is 0.295. The van der Waals surface area contributed by atoms with Crippen molar-refractivity contribution in [1.82, 2.24) is 15.1 Å². The number of aryl methyl sites for hydroxylation is 1. The van der Waals surface area contributed by atoms with Gasteiger partial charge in [0.1, 0.15) is 5.69 Å². The summed E-state index contributed by atoms with van der Waals surface area (Å²) in [6.07, 6.45) is 0.876. The Morgan fingerprint density at radius 1 is 1.50 bits per heavy atom. The van der Waals surface area contributed by atoms with Crippen LogP contribution in [0.4, 0.5) is 0 Å². The molecule has 0 aliphatic rings. The molecule has 0 aromatic carbocycles. The SMILES string of the molecule is CCn1nc(C(C)C)cc1C(=O)NCCc1cccs1. The molecule has 2 aromatic heterocycles. The monoisotopic (exact) mass is 291 g/mol. The van der Waals surface area contributed by atoms with Crippen LogP contribution in [-0.2, 0) is 13.0 Å². The van der Waals surface area contributed by atoms with E-state index in [-0.39, 0.29) is 5.91 Å². The highest BCUT2D eigenvalue weighted by molar-refractivity contribution is 7.09. The molecule has 0 aliphatic carbocycles. The molecule has 0 spiro atoms. The molecule has 0 saturated carbocycles. The van der Waals surface area contributed by atoms with E-state index in [1.165, 1.54) is 4.88 Å². The van der Waals surface area contributed by atoms with Gasteiger partial charge in [0.15, 0.2) is 0 Å². The predicted octanol–water partition coefficient (Wildman–Crippen LogP) is 3.06. The summed E-state index contributed by atoms with van der Waals surface area (Å²) >= 11 is 1.72. The highest BCUT2D eigenvalue weighted by atomic mass is 32.1. The van der Waals surface area contributed by atoms with Crippen molar-refractivity contribution in [3.63, 3.8) is 0 Å². The van der Waals surface area contributed by atoms with Crippen molar-refractivity contribution in [2.75, 3.05) is 6.54 Å². The molecule has 2 rings (SSSR count). The number of carbonyl (C=O) groups is 1. The van der Waals surface area contributed by atoms with Gasteiger partial charge in [-0.1, -0.05) is 19.9 Å². The number of hydrogen-bond acceptors (Lipinski definition) is 3. The van der Waals surface area contributed by atoms with Gasteiger partial charge in [0.25, 0.3) is 5.91 Å². The van der Waals surface area contributed by atoms with Crippen LogP contribution in [0.1, 0.15) is 47.7 Å². The van der Waals surface area contributed by atoms with Crippen molar-refractivity contribution < 1.29 is 4.79 Å². The lowest BCUT2D eigenvalue weighted by atomic mass is 10.1. The molecule has 0 radical (unpaired) electrons. The maximum absolute atomic E-state index is 12.2. The van der Waals surface area contributed by atoms with E-state index in [0.717, 1.165) is 12.1 Å². The van der Waals surface area contributed by atoms with E-state index in [2.05, 4.69) is 35.7 Å². The minimum absolute atomic E-state index is 0.0391. The molecule has 0 saturated heterocycles. The van der Waals surface area contributed by atoms with Crippen molar-refractivity contribution in [2.45, 2.75) is 39.7 Å². The van der Waals surface area contributed by atoms with Gasteiger partial charge in [-0.05, 0) is 36.8 Å². The van der Waals surface area contributed by atoms with Crippen molar-refractivity contribution in [2.24, 2.45) is 0 Å². The molecule has 20 heavy (non-hydrogen) atoms. The average molecular weight is 291 g/mol. The largest absolute Gasteiger partial charge is 0.350 e. The second-order valence-corrected chi connectivity index (χ2v) is 6.04. The Bertz CT molecular complexity index is 558. The van der Waals surface area contributed by atoms with Gasteiger partial charge in [0.2, 0.25) is 0 Å². The maximum Gasteiger partial charge on any atom is 0.269 e. The van der Waals surface area contributed by atoms with Crippen LogP contribution < -0.4 is 5.32 Å². The Kier molecular flexibility index (Phi) is 4.95. The molecular formula is C15H21N3OS. The molecule has 0 bridgehead atoms. The molecule has 0 atom stereocenters. The van der Waals surface area contributed by atoms with Gasteiger partial charge in [0.05, 0.1) is 5.69 Å². The van der Waals surface area contributed by atoms with Crippen molar-refractivity contribution in [3.05, 3.63) is 39.8 Å². The first-order valence-electron chi connectivity index (χ1n) is 7.00. The molecule has 2 heterocycles. The van der Waals surface area contributed by atoms with E-state index >= 15 is 0 Å². The zero-order valence-electron chi connectivity index (χ0n) is 12.2. The predicted molar refractivity (Wildman–Crippen MR) is 82.3 cm³/mol. The minimum atomic E-state index is -0.0391. The lowest BCUT2D eigenvalue weighted by Crippen LogP contribution is -2.27. The van der Waals surface area contributed by atoms with Crippen LogP contribution in [0.3, 0.4) is 0 Å². The fourth-order valence-corrected chi connectivity index (χ4v) is 2.70. The number of nitrogens with one attached hydrogen (secondary N) is 1. The third-order valence-electron chi connectivity index (χ3n) is 3.16. The Morgan fingerprint density at radius 3 is 2.90 bits per heavy atom. The second-order valence-electron chi connectivity index (χ2n) is 5.01.